The topological polar surface area (TPSA) is 49.4 Å². The van der Waals surface area contributed by atoms with Gasteiger partial charge < -0.3 is 5.32 Å². The smallest absolute Gasteiger partial charge is 0.244 e. The highest BCUT2D eigenvalue weighted by molar-refractivity contribution is 8.00. The summed E-state index contributed by atoms with van der Waals surface area (Å²) in [6, 6.07) is 27.0. The molecular weight excluding hydrogens is 404 g/mol. The first kappa shape index (κ1) is 22.6. The summed E-state index contributed by atoms with van der Waals surface area (Å²) >= 11 is 1.51. The largest absolute Gasteiger partial charge is 0.326 e. The fraction of sp³-hybridized carbons (Fsp3) is 0.231. The molecule has 0 spiro atoms. The number of nitrogens with zero attached hydrogens (tertiary/aromatic N) is 1. The molecule has 3 aromatic carbocycles. The Labute approximate surface area is 188 Å². The van der Waals surface area contributed by atoms with Crippen molar-refractivity contribution in [2.45, 2.75) is 43.3 Å². The van der Waals surface area contributed by atoms with Gasteiger partial charge in [-0.1, -0.05) is 49.7 Å². The molecule has 0 aliphatic heterocycles. The Morgan fingerprint density at radius 2 is 1.42 bits per heavy atom. The molecule has 0 saturated carbocycles. The van der Waals surface area contributed by atoms with Crippen molar-refractivity contribution in [1.29, 1.82) is 0 Å². The third-order valence-electron chi connectivity index (χ3n) is 4.81. The number of hydrogen-bond acceptors (Lipinski definition) is 3. The number of thioether (sulfide) groups is 1. The van der Waals surface area contributed by atoms with E-state index in [4.69, 9.17) is 0 Å². The van der Waals surface area contributed by atoms with Crippen molar-refractivity contribution in [2.24, 2.45) is 0 Å². The SMILES string of the molecule is CCCCC(=O)Nc1ccc(SC(C)C(=O)N(c2ccccc2)c2ccccc2)cc1. The fourth-order valence-corrected chi connectivity index (χ4v) is 4.08. The quantitative estimate of drug-likeness (QED) is 0.385. The molecule has 1 unspecified atom stereocenters. The van der Waals surface area contributed by atoms with Crippen LogP contribution in [0.15, 0.2) is 89.8 Å². The van der Waals surface area contributed by atoms with Crippen LogP contribution >= 0.6 is 11.8 Å². The van der Waals surface area contributed by atoms with Gasteiger partial charge in [0.05, 0.1) is 5.25 Å². The van der Waals surface area contributed by atoms with Crippen LogP contribution in [0.25, 0.3) is 0 Å². The number of hydrogen-bond donors (Lipinski definition) is 1. The van der Waals surface area contributed by atoms with E-state index in [0.717, 1.165) is 34.8 Å². The molecular formula is C26H28N2O2S. The van der Waals surface area contributed by atoms with Crippen LogP contribution in [-0.2, 0) is 9.59 Å². The van der Waals surface area contributed by atoms with Crippen LogP contribution < -0.4 is 10.2 Å². The Morgan fingerprint density at radius 3 is 1.94 bits per heavy atom. The summed E-state index contributed by atoms with van der Waals surface area (Å²) in [7, 11) is 0. The highest BCUT2D eigenvalue weighted by Gasteiger charge is 2.24. The molecule has 1 atom stereocenters. The second kappa shape index (κ2) is 11.4. The van der Waals surface area contributed by atoms with Crippen molar-refractivity contribution in [3.63, 3.8) is 0 Å². The number of unbranched alkanes of at least 4 members (excludes halogenated alkanes) is 1. The molecule has 0 bridgehead atoms. The van der Waals surface area contributed by atoms with Gasteiger partial charge in [0, 0.05) is 28.4 Å². The van der Waals surface area contributed by atoms with E-state index in [9.17, 15) is 9.59 Å². The lowest BCUT2D eigenvalue weighted by Gasteiger charge is -2.26. The number of amides is 2. The van der Waals surface area contributed by atoms with Crippen LogP contribution in [0.5, 0.6) is 0 Å². The summed E-state index contributed by atoms with van der Waals surface area (Å²) in [6.45, 7) is 3.99. The first-order valence-electron chi connectivity index (χ1n) is 10.6. The Bertz CT molecular complexity index is 936. The van der Waals surface area contributed by atoms with E-state index < -0.39 is 0 Å². The number of rotatable bonds is 9. The zero-order valence-electron chi connectivity index (χ0n) is 18.0. The van der Waals surface area contributed by atoms with E-state index in [0.29, 0.717) is 6.42 Å². The minimum absolute atomic E-state index is 0.0133. The van der Waals surface area contributed by atoms with Gasteiger partial charge in [0.25, 0.3) is 0 Å². The predicted octanol–water partition coefficient (Wildman–Crippen LogP) is 6.66. The molecule has 0 saturated heterocycles. The Balaban J connectivity index is 1.70. The summed E-state index contributed by atoms with van der Waals surface area (Å²) in [4.78, 5) is 28.1. The number of para-hydroxylation sites is 2. The zero-order valence-corrected chi connectivity index (χ0v) is 18.8. The highest BCUT2D eigenvalue weighted by Crippen LogP contribution is 2.31. The maximum Gasteiger partial charge on any atom is 0.244 e. The lowest BCUT2D eigenvalue weighted by Crippen LogP contribution is -2.32. The molecule has 2 amide bonds. The molecule has 0 radical (unpaired) electrons. The highest BCUT2D eigenvalue weighted by atomic mass is 32.2. The molecule has 0 heterocycles. The van der Waals surface area contributed by atoms with Gasteiger partial charge in [0.2, 0.25) is 11.8 Å². The minimum Gasteiger partial charge on any atom is -0.326 e. The maximum absolute atomic E-state index is 13.4. The number of carbonyl (C=O) groups excluding carboxylic acids is 2. The second-order valence-corrected chi connectivity index (χ2v) is 8.70. The maximum atomic E-state index is 13.4. The molecule has 160 valence electrons. The standard InChI is InChI=1S/C26H28N2O2S/c1-3-4-15-25(29)27-21-16-18-24(19-17-21)31-20(2)26(30)28(22-11-7-5-8-12-22)23-13-9-6-10-14-23/h5-14,16-20H,3-4,15H2,1-2H3,(H,27,29). The van der Waals surface area contributed by atoms with E-state index in [-0.39, 0.29) is 17.1 Å². The summed E-state index contributed by atoms with van der Waals surface area (Å²) in [6.07, 6.45) is 2.42. The number of anilines is 3. The molecule has 31 heavy (non-hydrogen) atoms. The van der Waals surface area contributed by atoms with E-state index >= 15 is 0 Å². The molecule has 0 aromatic heterocycles. The monoisotopic (exact) mass is 432 g/mol. The molecule has 0 fully saturated rings. The van der Waals surface area contributed by atoms with Crippen molar-refractivity contribution in [3.8, 4) is 0 Å². The van der Waals surface area contributed by atoms with Crippen molar-refractivity contribution in [1.82, 2.24) is 0 Å². The summed E-state index contributed by atoms with van der Waals surface area (Å²) in [5.41, 5.74) is 2.47. The van der Waals surface area contributed by atoms with Gasteiger partial charge in [-0.05, 0) is 61.9 Å². The Hall–Kier alpha value is -3.05. The third kappa shape index (κ3) is 6.46. The Kier molecular flexibility index (Phi) is 8.30. The molecule has 3 aromatic rings. The van der Waals surface area contributed by atoms with Crippen molar-refractivity contribution >= 4 is 40.6 Å². The first-order valence-corrected chi connectivity index (χ1v) is 11.5. The van der Waals surface area contributed by atoms with Gasteiger partial charge in [-0.2, -0.15) is 0 Å². The van der Waals surface area contributed by atoms with Crippen LogP contribution in [0.1, 0.15) is 33.1 Å². The molecule has 0 aliphatic rings. The molecule has 4 nitrogen and oxygen atoms in total. The molecule has 3 rings (SSSR count). The van der Waals surface area contributed by atoms with Gasteiger partial charge in [0.15, 0.2) is 0 Å². The number of benzene rings is 3. The van der Waals surface area contributed by atoms with E-state index in [1.54, 1.807) is 4.90 Å². The minimum atomic E-state index is -0.287. The normalized spacial score (nSPS) is 11.5. The second-order valence-electron chi connectivity index (χ2n) is 7.28. The van der Waals surface area contributed by atoms with Gasteiger partial charge in [-0.3, -0.25) is 14.5 Å². The summed E-state index contributed by atoms with van der Waals surface area (Å²) < 4.78 is 0. The Morgan fingerprint density at radius 1 is 0.871 bits per heavy atom. The van der Waals surface area contributed by atoms with Gasteiger partial charge >= 0.3 is 0 Å². The third-order valence-corrected chi connectivity index (χ3v) is 5.90. The van der Waals surface area contributed by atoms with Crippen molar-refractivity contribution in [3.05, 3.63) is 84.9 Å². The summed E-state index contributed by atoms with van der Waals surface area (Å²) in [5.74, 6) is 0.0477. The molecule has 0 aliphatic carbocycles. The average Bonchev–Trinajstić information content (AvgIpc) is 2.80. The fourth-order valence-electron chi connectivity index (χ4n) is 3.17. The molecule has 1 N–H and O–H groups in total. The number of carbonyl (C=O) groups is 2. The van der Waals surface area contributed by atoms with E-state index in [1.165, 1.54) is 11.8 Å². The van der Waals surface area contributed by atoms with Gasteiger partial charge in [-0.15, -0.1) is 11.8 Å². The van der Waals surface area contributed by atoms with Gasteiger partial charge in [-0.25, -0.2) is 0 Å². The van der Waals surface area contributed by atoms with Crippen LogP contribution in [0, 0.1) is 0 Å². The molecule has 5 heteroatoms. The first-order chi connectivity index (χ1) is 15.1. The van der Waals surface area contributed by atoms with Crippen LogP contribution in [-0.4, -0.2) is 17.1 Å². The van der Waals surface area contributed by atoms with Crippen LogP contribution in [0.2, 0.25) is 0 Å². The van der Waals surface area contributed by atoms with Crippen LogP contribution in [0.4, 0.5) is 17.1 Å². The predicted molar refractivity (Wildman–Crippen MR) is 130 cm³/mol. The van der Waals surface area contributed by atoms with E-state index in [1.807, 2.05) is 91.9 Å². The van der Waals surface area contributed by atoms with Crippen molar-refractivity contribution < 1.29 is 9.59 Å². The van der Waals surface area contributed by atoms with Crippen molar-refractivity contribution in [2.75, 3.05) is 10.2 Å². The lowest BCUT2D eigenvalue weighted by atomic mass is 10.2. The zero-order chi connectivity index (χ0) is 22.1. The average molecular weight is 433 g/mol. The summed E-state index contributed by atoms with van der Waals surface area (Å²) in [5, 5.41) is 2.63. The number of nitrogens with one attached hydrogen (secondary N) is 1. The van der Waals surface area contributed by atoms with Gasteiger partial charge in [0.1, 0.15) is 0 Å². The van der Waals surface area contributed by atoms with Crippen LogP contribution in [0.3, 0.4) is 0 Å². The van der Waals surface area contributed by atoms with E-state index in [2.05, 4.69) is 12.2 Å². The lowest BCUT2D eigenvalue weighted by molar-refractivity contribution is -0.117.